The number of piperazine rings is 1. The van der Waals surface area contributed by atoms with Crippen LogP contribution in [0.25, 0.3) is 22.2 Å². The molecule has 31 heavy (non-hydrogen) atoms. The van der Waals surface area contributed by atoms with Crippen molar-refractivity contribution < 1.29 is 0 Å². The Morgan fingerprint density at radius 3 is 2.35 bits per heavy atom. The molecule has 7 nitrogen and oxygen atoms in total. The average molecular weight is 412 g/mol. The number of benzene rings is 2. The minimum absolute atomic E-state index is 0.432. The number of fused-ring (bicyclic) bond motifs is 1. The third-order valence-electron chi connectivity index (χ3n) is 5.68. The summed E-state index contributed by atoms with van der Waals surface area (Å²) in [5.41, 5.74) is 10.9. The van der Waals surface area contributed by atoms with E-state index in [0.29, 0.717) is 11.8 Å². The van der Waals surface area contributed by atoms with Crippen LogP contribution in [0.3, 0.4) is 0 Å². The number of nitrogens with two attached hydrogens (primary N) is 1. The molecule has 5 rings (SSSR count). The van der Waals surface area contributed by atoms with Gasteiger partial charge in [0, 0.05) is 54.7 Å². The number of nitrogens with one attached hydrogen (secondary N) is 1. The Bertz CT molecular complexity index is 1180. The lowest BCUT2D eigenvalue weighted by Crippen LogP contribution is -2.44. The van der Waals surface area contributed by atoms with Crippen LogP contribution in [0.5, 0.6) is 0 Å². The van der Waals surface area contributed by atoms with Gasteiger partial charge in [-0.2, -0.15) is 4.98 Å². The van der Waals surface area contributed by atoms with Crippen LogP contribution >= 0.6 is 0 Å². The van der Waals surface area contributed by atoms with Gasteiger partial charge in [-0.15, -0.1) is 0 Å². The Labute approximate surface area is 181 Å². The molecule has 3 N–H and O–H groups in total. The zero-order chi connectivity index (χ0) is 21.2. The maximum Gasteiger partial charge on any atom is 0.229 e. The number of anilines is 4. The van der Waals surface area contributed by atoms with E-state index >= 15 is 0 Å². The second-order valence-electron chi connectivity index (χ2n) is 7.82. The molecule has 1 aliphatic heterocycles. The maximum atomic E-state index is 6.26. The Hall–Kier alpha value is -3.71. The second kappa shape index (κ2) is 8.20. The smallest absolute Gasteiger partial charge is 0.229 e. The van der Waals surface area contributed by atoms with E-state index in [2.05, 4.69) is 56.4 Å². The van der Waals surface area contributed by atoms with Gasteiger partial charge in [-0.25, -0.2) is 4.98 Å². The van der Waals surface area contributed by atoms with Gasteiger partial charge in [0.1, 0.15) is 11.3 Å². The summed E-state index contributed by atoms with van der Waals surface area (Å²) in [6.45, 7) is 4.26. The van der Waals surface area contributed by atoms with E-state index in [-0.39, 0.29) is 0 Å². The second-order valence-corrected chi connectivity index (χ2v) is 7.82. The lowest BCUT2D eigenvalue weighted by Gasteiger charge is -2.34. The zero-order valence-corrected chi connectivity index (χ0v) is 17.5. The van der Waals surface area contributed by atoms with E-state index in [1.165, 1.54) is 5.69 Å². The number of pyridine rings is 1. The molecule has 0 unspecified atom stereocenters. The quantitative estimate of drug-likeness (QED) is 0.529. The van der Waals surface area contributed by atoms with Crippen molar-refractivity contribution in [2.75, 3.05) is 49.2 Å². The van der Waals surface area contributed by atoms with E-state index in [1.54, 1.807) is 6.20 Å². The molecule has 1 saturated heterocycles. The van der Waals surface area contributed by atoms with Crippen LogP contribution in [0, 0.1) is 0 Å². The number of nitrogens with zero attached hydrogens (tertiary/aromatic N) is 5. The third kappa shape index (κ3) is 4.00. The molecule has 2 aromatic carbocycles. The van der Waals surface area contributed by atoms with E-state index in [4.69, 9.17) is 10.7 Å². The lowest BCUT2D eigenvalue weighted by atomic mass is 10.1. The van der Waals surface area contributed by atoms with Crippen molar-refractivity contribution >= 4 is 34.0 Å². The number of hydrogen-bond donors (Lipinski definition) is 2. The molecule has 0 radical (unpaired) electrons. The molecule has 2 aromatic heterocycles. The molecular weight excluding hydrogens is 386 g/mol. The average Bonchev–Trinajstić information content (AvgIpc) is 2.80. The highest BCUT2D eigenvalue weighted by Gasteiger charge is 2.15. The fraction of sp³-hybridized carbons (Fsp3) is 0.208. The Morgan fingerprint density at radius 1 is 0.871 bits per heavy atom. The summed E-state index contributed by atoms with van der Waals surface area (Å²) >= 11 is 0. The van der Waals surface area contributed by atoms with Gasteiger partial charge in [-0.05, 0) is 37.4 Å². The van der Waals surface area contributed by atoms with Gasteiger partial charge >= 0.3 is 0 Å². The van der Waals surface area contributed by atoms with Crippen LogP contribution in [-0.2, 0) is 0 Å². The van der Waals surface area contributed by atoms with Gasteiger partial charge in [0.2, 0.25) is 5.95 Å². The minimum atomic E-state index is 0.432. The fourth-order valence-electron chi connectivity index (χ4n) is 3.89. The molecule has 0 bridgehead atoms. The normalized spacial score (nSPS) is 14.7. The summed E-state index contributed by atoms with van der Waals surface area (Å²) in [4.78, 5) is 18.5. The molecule has 0 amide bonds. The van der Waals surface area contributed by atoms with Crippen molar-refractivity contribution in [3.8, 4) is 11.3 Å². The number of rotatable bonds is 4. The van der Waals surface area contributed by atoms with Crippen LogP contribution in [-0.4, -0.2) is 53.1 Å². The molecule has 1 fully saturated rings. The zero-order valence-electron chi connectivity index (χ0n) is 17.5. The maximum absolute atomic E-state index is 6.26. The SMILES string of the molecule is CN1CCN(c2ccc(Nc3nc(N)c4ccnc(-c5ccccc5)c4n3)cc2)CC1. The lowest BCUT2D eigenvalue weighted by molar-refractivity contribution is 0.313. The predicted molar refractivity (Wildman–Crippen MR) is 127 cm³/mol. The molecule has 4 aromatic rings. The molecule has 0 aliphatic carbocycles. The van der Waals surface area contributed by atoms with Gasteiger partial charge < -0.3 is 20.9 Å². The summed E-state index contributed by atoms with van der Waals surface area (Å²) in [5.74, 6) is 0.892. The first kappa shape index (κ1) is 19.3. The molecule has 0 atom stereocenters. The molecule has 1 aliphatic rings. The highest BCUT2D eigenvalue weighted by Crippen LogP contribution is 2.29. The highest BCUT2D eigenvalue weighted by molar-refractivity contribution is 5.97. The van der Waals surface area contributed by atoms with E-state index in [9.17, 15) is 0 Å². The highest BCUT2D eigenvalue weighted by atomic mass is 15.2. The Balaban J connectivity index is 1.43. The Kier molecular flexibility index (Phi) is 5.09. The van der Waals surface area contributed by atoms with Crippen LogP contribution in [0.4, 0.5) is 23.1 Å². The van der Waals surface area contributed by atoms with E-state index < -0.39 is 0 Å². The van der Waals surface area contributed by atoms with Crippen molar-refractivity contribution in [2.45, 2.75) is 0 Å². The summed E-state index contributed by atoms with van der Waals surface area (Å²) in [6, 6.07) is 20.2. The van der Waals surface area contributed by atoms with Crippen LogP contribution in [0.1, 0.15) is 0 Å². The minimum Gasteiger partial charge on any atom is -0.383 e. The summed E-state index contributed by atoms with van der Waals surface area (Å²) in [6.07, 6.45) is 1.74. The first-order valence-corrected chi connectivity index (χ1v) is 10.5. The summed E-state index contributed by atoms with van der Waals surface area (Å²) in [5, 5.41) is 4.09. The first-order valence-electron chi connectivity index (χ1n) is 10.5. The molecule has 3 heterocycles. The topological polar surface area (TPSA) is 83.2 Å². The predicted octanol–water partition coefficient (Wildman–Crippen LogP) is 3.77. The molecular formula is C24H25N7. The van der Waals surface area contributed by atoms with E-state index in [0.717, 1.165) is 54.0 Å². The number of aromatic nitrogens is 3. The standard InChI is InChI=1S/C24H25N7/c1-30-13-15-31(16-14-30)19-9-7-18(8-10-19)27-24-28-22-20(23(25)29-24)11-12-26-21(22)17-5-3-2-4-6-17/h2-12H,13-16H2,1H3,(H3,25,27,28,29). The number of hydrogen-bond acceptors (Lipinski definition) is 7. The van der Waals surface area contributed by atoms with Crippen molar-refractivity contribution in [2.24, 2.45) is 0 Å². The van der Waals surface area contributed by atoms with Gasteiger partial charge in [-0.3, -0.25) is 4.98 Å². The van der Waals surface area contributed by atoms with Gasteiger partial charge in [0.05, 0.1) is 5.69 Å². The van der Waals surface area contributed by atoms with Crippen LogP contribution in [0.2, 0.25) is 0 Å². The first-order chi connectivity index (χ1) is 15.2. The monoisotopic (exact) mass is 411 g/mol. The van der Waals surface area contributed by atoms with Gasteiger partial charge in [0.25, 0.3) is 0 Å². The van der Waals surface area contributed by atoms with Gasteiger partial charge in [0.15, 0.2) is 0 Å². The van der Waals surface area contributed by atoms with Crippen molar-refractivity contribution in [3.63, 3.8) is 0 Å². The summed E-state index contributed by atoms with van der Waals surface area (Å²) in [7, 11) is 2.17. The third-order valence-corrected chi connectivity index (χ3v) is 5.68. The summed E-state index contributed by atoms with van der Waals surface area (Å²) < 4.78 is 0. The Morgan fingerprint density at radius 2 is 1.61 bits per heavy atom. The largest absolute Gasteiger partial charge is 0.383 e. The fourth-order valence-corrected chi connectivity index (χ4v) is 3.89. The van der Waals surface area contributed by atoms with Crippen molar-refractivity contribution in [1.82, 2.24) is 19.9 Å². The number of likely N-dealkylation sites (N-methyl/N-ethyl adjacent to an activating group) is 1. The van der Waals surface area contributed by atoms with Crippen molar-refractivity contribution in [3.05, 3.63) is 66.9 Å². The molecule has 156 valence electrons. The molecule has 0 saturated carbocycles. The van der Waals surface area contributed by atoms with Crippen LogP contribution in [0.15, 0.2) is 66.9 Å². The number of nitrogen functional groups attached to an aromatic ring is 1. The van der Waals surface area contributed by atoms with E-state index in [1.807, 2.05) is 36.4 Å². The van der Waals surface area contributed by atoms with Crippen molar-refractivity contribution in [1.29, 1.82) is 0 Å². The molecule has 0 spiro atoms. The van der Waals surface area contributed by atoms with Gasteiger partial charge in [-0.1, -0.05) is 30.3 Å². The molecule has 7 heteroatoms. The van der Waals surface area contributed by atoms with Crippen LogP contribution < -0.4 is 16.0 Å².